The summed E-state index contributed by atoms with van der Waals surface area (Å²) in [5, 5.41) is 17.2. The van der Waals surface area contributed by atoms with Gasteiger partial charge >= 0.3 is 11.9 Å². The lowest BCUT2D eigenvalue weighted by Gasteiger charge is -2.33. The molecule has 0 amide bonds. The van der Waals surface area contributed by atoms with Gasteiger partial charge < -0.3 is 19.5 Å². The average Bonchev–Trinajstić information content (AvgIpc) is 3.30. The highest BCUT2D eigenvalue weighted by molar-refractivity contribution is 6.42. The van der Waals surface area contributed by atoms with Crippen LogP contribution in [0.25, 0.3) is 0 Å². The number of hydrogen-bond donors (Lipinski definition) is 2. The highest BCUT2D eigenvalue weighted by Gasteiger charge is 2.42. The van der Waals surface area contributed by atoms with Gasteiger partial charge in [0.15, 0.2) is 11.9 Å². The van der Waals surface area contributed by atoms with E-state index in [1.165, 1.54) is 14.2 Å². The molecule has 10 nitrogen and oxygen atoms in total. The number of methoxy groups -OCH3 is 2. The Kier molecular flexibility index (Phi) is 7.49. The van der Waals surface area contributed by atoms with Gasteiger partial charge in [0.2, 0.25) is 0 Å². The number of tetrazole rings is 1. The molecule has 0 fully saturated rings. The second-order valence-corrected chi connectivity index (χ2v) is 7.47. The molecule has 1 aromatic carbocycles. The molecule has 0 saturated carbocycles. The number of nitrogens with zero attached hydrogens (tertiary/aromatic N) is 3. The Labute approximate surface area is 193 Å². The standard InChI is InChI=1S/C20H21Cl2N5O5/c1-5-32-20(29)14-13(10-7-6-8-11(21)15(10)22)12(19(28)31-4)9(2)23-16(14)17(30-3)18-24-26-27-25-18/h6-8,13,17,23H,5H2,1-4H3,(H,24,25,26,27). The van der Waals surface area contributed by atoms with E-state index >= 15 is 0 Å². The van der Waals surface area contributed by atoms with E-state index in [0.29, 0.717) is 11.3 Å². The number of benzene rings is 1. The maximum atomic E-state index is 13.3. The fourth-order valence-corrected chi connectivity index (χ4v) is 3.99. The van der Waals surface area contributed by atoms with Crippen LogP contribution in [0.2, 0.25) is 10.0 Å². The molecule has 1 aliphatic heterocycles. The summed E-state index contributed by atoms with van der Waals surface area (Å²) in [4.78, 5) is 26.1. The minimum atomic E-state index is -0.961. The smallest absolute Gasteiger partial charge is 0.336 e. The van der Waals surface area contributed by atoms with Crippen molar-refractivity contribution >= 4 is 35.1 Å². The van der Waals surface area contributed by atoms with Crippen LogP contribution in [0.1, 0.15) is 37.3 Å². The summed E-state index contributed by atoms with van der Waals surface area (Å²) in [5.41, 5.74) is 1.40. The predicted octanol–water partition coefficient (Wildman–Crippen LogP) is 2.85. The lowest BCUT2D eigenvalue weighted by atomic mass is 9.79. The molecule has 2 unspecified atom stereocenters. The number of ether oxygens (including phenoxy) is 3. The van der Waals surface area contributed by atoms with E-state index in [0.717, 1.165) is 0 Å². The van der Waals surface area contributed by atoms with Crippen LogP contribution in [0, 0.1) is 0 Å². The molecule has 2 heterocycles. The maximum absolute atomic E-state index is 13.3. The van der Waals surface area contributed by atoms with Crippen LogP contribution < -0.4 is 5.32 Å². The van der Waals surface area contributed by atoms with E-state index in [2.05, 4.69) is 25.9 Å². The minimum Gasteiger partial charge on any atom is -0.466 e. The van der Waals surface area contributed by atoms with Gasteiger partial charge in [0.05, 0.1) is 46.5 Å². The molecule has 2 aromatic rings. The normalized spacial score (nSPS) is 17.1. The van der Waals surface area contributed by atoms with Gasteiger partial charge in [0, 0.05) is 12.8 Å². The Hall–Kier alpha value is -2.95. The zero-order valence-corrected chi connectivity index (χ0v) is 19.2. The molecule has 2 N–H and O–H groups in total. The molecule has 32 heavy (non-hydrogen) atoms. The molecule has 3 rings (SSSR count). The SMILES string of the molecule is CCOC(=O)C1=C(C(OC)c2nnn[nH]2)NC(C)=C(C(=O)OC)C1c1cccc(Cl)c1Cl. The zero-order chi connectivity index (χ0) is 23.4. The number of carbonyl (C=O) groups is 2. The van der Waals surface area contributed by atoms with Gasteiger partial charge in [-0.2, -0.15) is 0 Å². The molecule has 1 aromatic heterocycles. The molecule has 1 aliphatic rings. The van der Waals surface area contributed by atoms with Crippen molar-refractivity contribution in [3.05, 3.63) is 62.2 Å². The van der Waals surface area contributed by atoms with Crippen molar-refractivity contribution in [1.29, 1.82) is 0 Å². The zero-order valence-electron chi connectivity index (χ0n) is 17.7. The summed E-state index contributed by atoms with van der Waals surface area (Å²) in [6, 6.07) is 4.96. The predicted molar refractivity (Wildman–Crippen MR) is 115 cm³/mol. The highest BCUT2D eigenvalue weighted by Crippen LogP contribution is 2.45. The largest absolute Gasteiger partial charge is 0.466 e. The number of rotatable bonds is 7. The van der Waals surface area contributed by atoms with Crippen LogP contribution in [0.4, 0.5) is 0 Å². The number of carbonyl (C=O) groups excluding carboxylic acids is 2. The van der Waals surface area contributed by atoms with E-state index < -0.39 is 24.0 Å². The summed E-state index contributed by atoms with van der Waals surface area (Å²) in [7, 11) is 2.68. The summed E-state index contributed by atoms with van der Waals surface area (Å²) in [5.74, 6) is -2.05. The highest BCUT2D eigenvalue weighted by atomic mass is 35.5. The Balaban J connectivity index is 2.35. The second kappa shape index (κ2) is 10.1. The molecule has 0 spiro atoms. The Morgan fingerprint density at radius 3 is 2.53 bits per heavy atom. The van der Waals surface area contributed by atoms with Crippen molar-refractivity contribution in [1.82, 2.24) is 25.9 Å². The van der Waals surface area contributed by atoms with Crippen molar-refractivity contribution < 1.29 is 23.8 Å². The van der Waals surface area contributed by atoms with E-state index in [1.807, 2.05) is 0 Å². The van der Waals surface area contributed by atoms with E-state index in [-0.39, 0.29) is 39.3 Å². The average molecular weight is 482 g/mol. The number of H-pyrrole nitrogens is 1. The summed E-state index contributed by atoms with van der Waals surface area (Å²) in [6.07, 6.45) is -0.904. The number of dihydropyridines is 1. The van der Waals surface area contributed by atoms with Gasteiger partial charge in [-0.05, 0) is 35.9 Å². The first-order valence-corrected chi connectivity index (χ1v) is 10.3. The molecule has 0 bridgehead atoms. The number of esters is 2. The van der Waals surface area contributed by atoms with Crippen LogP contribution in [-0.2, 0) is 23.8 Å². The lowest BCUT2D eigenvalue weighted by Crippen LogP contribution is -2.36. The van der Waals surface area contributed by atoms with Crippen LogP contribution >= 0.6 is 23.2 Å². The van der Waals surface area contributed by atoms with Gasteiger partial charge in [-0.1, -0.05) is 35.3 Å². The molecule has 0 radical (unpaired) electrons. The van der Waals surface area contributed by atoms with Gasteiger partial charge in [0.25, 0.3) is 0 Å². The maximum Gasteiger partial charge on any atom is 0.336 e. The number of nitrogens with one attached hydrogen (secondary N) is 2. The first-order valence-electron chi connectivity index (χ1n) is 9.53. The van der Waals surface area contributed by atoms with Crippen LogP contribution in [0.15, 0.2) is 40.7 Å². The molecular weight excluding hydrogens is 461 g/mol. The third kappa shape index (κ3) is 4.34. The molecule has 0 saturated heterocycles. The van der Waals surface area contributed by atoms with Crippen molar-refractivity contribution in [2.24, 2.45) is 0 Å². The van der Waals surface area contributed by atoms with E-state index in [1.54, 1.807) is 32.0 Å². The molecule has 170 valence electrons. The fourth-order valence-electron chi connectivity index (χ4n) is 3.58. The van der Waals surface area contributed by atoms with Gasteiger partial charge in [0.1, 0.15) is 0 Å². The van der Waals surface area contributed by atoms with Gasteiger partial charge in [-0.15, -0.1) is 5.10 Å². The van der Waals surface area contributed by atoms with Crippen LogP contribution in [0.5, 0.6) is 0 Å². The van der Waals surface area contributed by atoms with Crippen molar-refractivity contribution in [3.63, 3.8) is 0 Å². The first-order chi connectivity index (χ1) is 15.3. The number of aromatic amines is 1. The van der Waals surface area contributed by atoms with Crippen LogP contribution in [-0.4, -0.2) is 53.4 Å². The quantitative estimate of drug-likeness (QED) is 0.573. The number of hydrogen-bond acceptors (Lipinski definition) is 9. The van der Waals surface area contributed by atoms with E-state index in [4.69, 9.17) is 37.4 Å². The summed E-state index contributed by atoms with van der Waals surface area (Å²) in [6.45, 7) is 3.45. The first kappa shape index (κ1) is 23.7. The van der Waals surface area contributed by atoms with Gasteiger partial charge in [-0.25, -0.2) is 14.7 Å². The Bertz CT molecular complexity index is 1080. The topological polar surface area (TPSA) is 128 Å². The number of aromatic nitrogens is 4. The Morgan fingerprint density at radius 2 is 1.94 bits per heavy atom. The minimum absolute atomic E-state index is 0.0882. The second-order valence-electron chi connectivity index (χ2n) is 6.68. The third-order valence-corrected chi connectivity index (χ3v) is 5.73. The van der Waals surface area contributed by atoms with E-state index in [9.17, 15) is 9.59 Å². The molecule has 2 atom stereocenters. The molecule has 0 aliphatic carbocycles. The van der Waals surface area contributed by atoms with Crippen molar-refractivity contribution in [2.75, 3.05) is 20.8 Å². The summed E-state index contributed by atoms with van der Waals surface area (Å²) < 4.78 is 15.9. The van der Waals surface area contributed by atoms with Crippen molar-refractivity contribution in [2.45, 2.75) is 25.9 Å². The Morgan fingerprint density at radius 1 is 1.19 bits per heavy atom. The summed E-state index contributed by atoms with van der Waals surface area (Å²) >= 11 is 12.8. The number of halogens is 2. The monoisotopic (exact) mass is 481 g/mol. The van der Waals surface area contributed by atoms with Gasteiger partial charge in [-0.3, -0.25) is 0 Å². The number of allylic oxidation sites excluding steroid dienone is 1. The molecule has 12 heteroatoms. The fraction of sp³-hybridized carbons (Fsp3) is 0.350. The van der Waals surface area contributed by atoms with Crippen LogP contribution in [0.3, 0.4) is 0 Å². The third-order valence-electron chi connectivity index (χ3n) is 4.89. The lowest BCUT2D eigenvalue weighted by molar-refractivity contribution is -0.139. The molecular formula is C20H21Cl2N5O5. The van der Waals surface area contributed by atoms with Crippen molar-refractivity contribution in [3.8, 4) is 0 Å².